The van der Waals surface area contributed by atoms with Crippen molar-refractivity contribution in [2.45, 2.75) is 6.42 Å². The molecule has 0 spiro atoms. The zero-order chi connectivity index (χ0) is 15.1. The molecule has 1 amide bonds. The van der Waals surface area contributed by atoms with Crippen molar-refractivity contribution < 1.29 is 9.53 Å². The third kappa shape index (κ3) is 4.17. The Hall–Kier alpha value is -2.63. The number of nitrogens with zero attached hydrogens (tertiary/aromatic N) is 2. The Balaban J connectivity index is 1.83. The lowest BCUT2D eigenvalue weighted by atomic mass is 10.1. The highest BCUT2D eigenvalue weighted by Gasteiger charge is 2.05. The van der Waals surface area contributed by atoms with Gasteiger partial charge in [0.2, 0.25) is 0 Å². The molecule has 6 heteroatoms. The molecule has 0 saturated heterocycles. The Bertz CT molecular complexity index is 582. The monoisotopic (exact) mass is 286 g/mol. The average Bonchev–Trinajstić information content (AvgIpc) is 2.55. The van der Waals surface area contributed by atoms with Crippen LogP contribution in [0.15, 0.2) is 36.4 Å². The molecule has 6 nitrogen and oxygen atoms in total. The lowest BCUT2D eigenvalue weighted by Gasteiger charge is -2.06. The highest BCUT2D eigenvalue weighted by molar-refractivity contribution is 5.91. The highest BCUT2D eigenvalue weighted by atomic mass is 16.5. The van der Waals surface area contributed by atoms with E-state index in [0.717, 1.165) is 18.7 Å². The molecule has 0 aliphatic rings. The molecule has 0 bridgehead atoms. The smallest absolute Gasteiger partial charge is 0.271 e. The summed E-state index contributed by atoms with van der Waals surface area (Å²) in [6.45, 7) is 0.736. The molecule has 110 valence electrons. The number of anilines is 1. The summed E-state index contributed by atoms with van der Waals surface area (Å²) < 4.78 is 5.12. The average molecular weight is 286 g/mol. The Morgan fingerprint density at radius 2 is 1.90 bits per heavy atom. The number of hydrogen-bond acceptors (Lipinski definition) is 5. The molecule has 2 aromatic rings. The van der Waals surface area contributed by atoms with E-state index in [4.69, 9.17) is 4.74 Å². The molecule has 1 heterocycles. The zero-order valence-electron chi connectivity index (χ0n) is 12.1. The van der Waals surface area contributed by atoms with Crippen LogP contribution in [0.3, 0.4) is 0 Å². The van der Waals surface area contributed by atoms with Crippen molar-refractivity contribution in [3.8, 4) is 5.75 Å². The highest BCUT2D eigenvalue weighted by Crippen LogP contribution is 2.11. The van der Waals surface area contributed by atoms with Gasteiger partial charge in [0.25, 0.3) is 5.91 Å². The summed E-state index contributed by atoms with van der Waals surface area (Å²) in [6.07, 6.45) is 0.864. The number of amides is 1. The van der Waals surface area contributed by atoms with Crippen molar-refractivity contribution in [3.05, 3.63) is 47.7 Å². The number of rotatable bonds is 6. The predicted molar refractivity (Wildman–Crippen MR) is 80.6 cm³/mol. The molecule has 1 aromatic heterocycles. The van der Waals surface area contributed by atoms with Gasteiger partial charge in [-0.3, -0.25) is 4.79 Å². The van der Waals surface area contributed by atoms with E-state index in [1.807, 2.05) is 24.3 Å². The van der Waals surface area contributed by atoms with E-state index in [1.54, 1.807) is 26.3 Å². The van der Waals surface area contributed by atoms with Gasteiger partial charge in [0.05, 0.1) is 7.11 Å². The van der Waals surface area contributed by atoms with Crippen LogP contribution in [-0.4, -0.2) is 36.8 Å². The van der Waals surface area contributed by atoms with E-state index in [9.17, 15) is 4.79 Å². The van der Waals surface area contributed by atoms with Crippen LogP contribution in [0, 0.1) is 0 Å². The van der Waals surface area contributed by atoms with Gasteiger partial charge in [-0.1, -0.05) is 12.1 Å². The minimum absolute atomic E-state index is 0.243. The topological polar surface area (TPSA) is 76.1 Å². The number of methoxy groups -OCH3 is 1. The van der Waals surface area contributed by atoms with Gasteiger partial charge in [-0.15, -0.1) is 10.2 Å². The number of ether oxygens (including phenoxy) is 1. The summed E-state index contributed by atoms with van der Waals surface area (Å²) >= 11 is 0. The maximum absolute atomic E-state index is 11.3. The van der Waals surface area contributed by atoms with Crippen LogP contribution < -0.4 is 15.4 Å². The van der Waals surface area contributed by atoms with E-state index in [2.05, 4.69) is 20.8 Å². The zero-order valence-corrected chi connectivity index (χ0v) is 12.1. The molecular formula is C15H18N4O2. The van der Waals surface area contributed by atoms with E-state index in [0.29, 0.717) is 11.5 Å². The largest absolute Gasteiger partial charge is 0.497 e. The summed E-state index contributed by atoms with van der Waals surface area (Å²) in [7, 11) is 3.21. The molecule has 0 saturated carbocycles. The Morgan fingerprint density at radius 1 is 1.14 bits per heavy atom. The van der Waals surface area contributed by atoms with Crippen molar-refractivity contribution in [2.24, 2.45) is 0 Å². The summed E-state index contributed by atoms with van der Waals surface area (Å²) in [4.78, 5) is 11.3. The van der Waals surface area contributed by atoms with Gasteiger partial charge in [0.15, 0.2) is 5.69 Å². The van der Waals surface area contributed by atoms with Crippen LogP contribution >= 0.6 is 0 Å². The minimum Gasteiger partial charge on any atom is -0.497 e. The van der Waals surface area contributed by atoms with Crippen molar-refractivity contribution in [1.29, 1.82) is 0 Å². The van der Waals surface area contributed by atoms with Crippen LogP contribution in [0.2, 0.25) is 0 Å². The number of aromatic nitrogens is 2. The SMILES string of the molecule is CNC(=O)c1ccc(NCCc2ccc(OC)cc2)nn1. The lowest BCUT2D eigenvalue weighted by Crippen LogP contribution is -2.20. The number of benzene rings is 1. The number of hydrogen-bond donors (Lipinski definition) is 2. The van der Waals surface area contributed by atoms with Gasteiger partial charge in [0, 0.05) is 13.6 Å². The fourth-order valence-corrected chi connectivity index (χ4v) is 1.80. The Kier molecular flexibility index (Phi) is 5.09. The first-order valence-corrected chi connectivity index (χ1v) is 6.65. The van der Waals surface area contributed by atoms with Crippen LogP contribution in [0.25, 0.3) is 0 Å². The molecular weight excluding hydrogens is 268 g/mol. The fraction of sp³-hybridized carbons (Fsp3) is 0.267. The third-order valence-electron chi connectivity index (χ3n) is 3.00. The maximum atomic E-state index is 11.3. The van der Waals surface area contributed by atoms with E-state index < -0.39 is 0 Å². The van der Waals surface area contributed by atoms with Gasteiger partial charge < -0.3 is 15.4 Å². The number of nitrogens with one attached hydrogen (secondary N) is 2. The Labute approximate surface area is 123 Å². The van der Waals surface area contributed by atoms with Gasteiger partial charge in [0.1, 0.15) is 11.6 Å². The first kappa shape index (κ1) is 14.8. The molecule has 21 heavy (non-hydrogen) atoms. The summed E-state index contributed by atoms with van der Waals surface area (Å²) in [5.74, 6) is 1.26. The fourth-order valence-electron chi connectivity index (χ4n) is 1.80. The molecule has 0 unspecified atom stereocenters. The van der Waals surface area contributed by atoms with E-state index >= 15 is 0 Å². The molecule has 2 N–H and O–H groups in total. The quantitative estimate of drug-likeness (QED) is 0.841. The second kappa shape index (κ2) is 7.23. The van der Waals surface area contributed by atoms with Gasteiger partial charge in [-0.25, -0.2) is 0 Å². The van der Waals surface area contributed by atoms with E-state index in [-0.39, 0.29) is 5.91 Å². The van der Waals surface area contributed by atoms with Crippen LogP contribution in [0.4, 0.5) is 5.82 Å². The molecule has 0 fully saturated rings. The molecule has 0 radical (unpaired) electrons. The third-order valence-corrected chi connectivity index (χ3v) is 3.00. The first-order chi connectivity index (χ1) is 10.2. The molecule has 0 aliphatic heterocycles. The van der Waals surface area contributed by atoms with Crippen molar-refractivity contribution in [3.63, 3.8) is 0 Å². The summed E-state index contributed by atoms with van der Waals surface area (Å²) in [6, 6.07) is 11.3. The van der Waals surface area contributed by atoms with Crippen molar-refractivity contribution in [2.75, 3.05) is 26.0 Å². The number of carbonyl (C=O) groups is 1. The van der Waals surface area contributed by atoms with Gasteiger partial charge in [-0.05, 0) is 36.2 Å². The lowest BCUT2D eigenvalue weighted by molar-refractivity contribution is 0.0957. The van der Waals surface area contributed by atoms with Crippen LogP contribution in [-0.2, 0) is 6.42 Å². The molecule has 0 aliphatic carbocycles. The molecule has 0 atom stereocenters. The van der Waals surface area contributed by atoms with E-state index in [1.165, 1.54) is 5.56 Å². The van der Waals surface area contributed by atoms with Gasteiger partial charge in [-0.2, -0.15) is 0 Å². The second-order valence-corrected chi connectivity index (χ2v) is 4.41. The molecule has 2 rings (SSSR count). The summed E-state index contributed by atoms with van der Waals surface area (Å²) in [5, 5.41) is 13.5. The van der Waals surface area contributed by atoms with Crippen LogP contribution in [0.5, 0.6) is 5.75 Å². The number of carbonyl (C=O) groups excluding carboxylic acids is 1. The van der Waals surface area contributed by atoms with Gasteiger partial charge >= 0.3 is 0 Å². The van der Waals surface area contributed by atoms with Crippen molar-refractivity contribution in [1.82, 2.24) is 15.5 Å². The predicted octanol–water partition coefficient (Wildman–Crippen LogP) is 1.50. The normalized spacial score (nSPS) is 10.0. The maximum Gasteiger partial charge on any atom is 0.271 e. The van der Waals surface area contributed by atoms with Crippen LogP contribution in [0.1, 0.15) is 16.1 Å². The standard InChI is InChI=1S/C15H18N4O2/c1-16-15(20)13-7-8-14(19-18-13)17-10-9-11-3-5-12(21-2)6-4-11/h3-8H,9-10H2,1-2H3,(H,16,20)(H,17,19). The first-order valence-electron chi connectivity index (χ1n) is 6.65. The van der Waals surface area contributed by atoms with Crippen molar-refractivity contribution >= 4 is 11.7 Å². The molecule has 1 aromatic carbocycles. The second-order valence-electron chi connectivity index (χ2n) is 4.41. The Morgan fingerprint density at radius 3 is 2.48 bits per heavy atom. The minimum atomic E-state index is -0.243. The summed E-state index contributed by atoms with van der Waals surface area (Å²) in [5.41, 5.74) is 1.51.